The van der Waals surface area contributed by atoms with Gasteiger partial charge in [-0.1, -0.05) is 58.7 Å². The second-order valence-corrected chi connectivity index (χ2v) is 6.52. The molecule has 1 N–H and O–H groups in total. The predicted octanol–water partition coefficient (Wildman–Crippen LogP) is 5.30. The summed E-state index contributed by atoms with van der Waals surface area (Å²) < 4.78 is 2.30. The Kier molecular flexibility index (Phi) is 6.75. The van der Waals surface area contributed by atoms with E-state index in [9.17, 15) is 0 Å². The van der Waals surface area contributed by atoms with Gasteiger partial charge < -0.3 is 5.32 Å². The Hall–Kier alpha value is 0.140. The zero-order valence-electron chi connectivity index (χ0n) is 10.8. The zero-order chi connectivity index (χ0) is 12.8. The molecule has 0 aromatic heterocycles. The molecular weight excluding hydrogens is 342 g/mol. The van der Waals surface area contributed by atoms with Crippen LogP contribution in [0.1, 0.15) is 45.2 Å². The van der Waals surface area contributed by atoms with E-state index in [0.717, 1.165) is 16.9 Å². The van der Waals surface area contributed by atoms with E-state index < -0.39 is 0 Å². The van der Waals surface area contributed by atoms with Gasteiger partial charge in [0.05, 0.1) is 0 Å². The van der Waals surface area contributed by atoms with Crippen LogP contribution in [0.25, 0.3) is 0 Å². The van der Waals surface area contributed by atoms with Crippen LogP contribution < -0.4 is 5.32 Å². The lowest BCUT2D eigenvalue weighted by Gasteiger charge is -2.21. The van der Waals surface area contributed by atoms with Gasteiger partial charge in [-0.15, -0.1) is 0 Å². The third-order valence-electron chi connectivity index (χ3n) is 2.82. The van der Waals surface area contributed by atoms with Crippen LogP contribution in [-0.2, 0) is 0 Å². The highest BCUT2D eigenvalue weighted by Gasteiger charge is 2.14. The van der Waals surface area contributed by atoms with Crippen molar-refractivity contribution in [1.29, 1.82) is 0 Å². The van der Waals surface area contributed by atoms with Gasteiger partial charge in [-0.3, -0.25) is 0 Å². The lowest BCUT2D eigenvalue weighted by Crippen LogP contribution is -2.21. The predicted molar refractivity (Wildman–Crippen MR) is 82.3 cm³/mol. The van der Waals surface area contributed by atoms with Crippen LogP contribution in [0.2, 0.25) is 0 Å². The molecule has 0 aliphatic carbocycles. The van der Waals surface area contributed by atoms with E-state index in [2.05, 4.69) is 76.1 Å². The summed E-state index contributed by atoms with van der Waals surface area (Å²) in [4.78, 5) is 0. The molecule has 0 radical (unpaired) electrons. The Labute approximate surface area is 122 Å². The number of nitrogens with one attached hydrogen (secondary N) is 1. The summed E-state index contributed by atoms with van der Waals surface area (Å²) in [5, 5.41) is 3.57. The SMILES string of the molecule is CCNC(CCC(C)C)c1ccc(Br)cc1Br. The van der Waals surface area contributed by atoms with Crippen molar-refractivity contribution in [2.24, 2.45) is 5.92 Å². The van der Waals surface area contributed by atoms with Crippen LogP contribution in [0.15, 0.2) is 27.1 Å². The molecule has 1 aromatic carbocycles. The van der Waals surface area contributed by atoms with E-state index in [-0.39, 0.29) is 0 Å². The zero-order valence-corrected chi connectivity index (χ0v) is 13.9. The fourth-order valence-corrected chi connectivity index (χ4v) is 3.22. The Morgan fingerprint density at radius 3 is 2.41 bits per heavy atom. The molecule has 1 atom stereocenters. The first kappa shape index (κ1) is 15.2. The number of rotatable bonds is 6. The maximum Gasteiger partial charge on any atom is 0.0331 e. The summed E-state index contributed by atoms with van der Waals surface area (Å²) in [5.41, 5.74) is 1.36. The number of hydrogen-bond acceptors (Lipinski definition) is 1. The highest BCUT2D eigenvalue weighted by molar-refractivity contribution is 9.11. The van der Waals surface area contributed by atoms with Gasteiger partial charge in [0.2, 0.25) is 0 Å². The van der Waals surface area contributed by atoms with Gasteiger partial charge in [0.15, 0.2) is 0 Å². The molecule has 0 amide bonds. The van der Waals surface area contributed by atoms with Crippen LogP contribution >= 0.6 is 31.9 Å². The third kappa shape index (κ3) is 5.11. The van der Waals surface area contributed by atoms with Crippen molar-refractivity contribution in [3.05, 3.63) is 32.7 Å². The highest BCUT2D eigenvalue weighted by Crippen LogP contribution is 2.30. The van der Waals surface area contributed by atoms with Crippen molar-refractivity contribution in [1.82, 2.24) is 5.32 Å². The summed E-state index contributed by atoms with van der Waals surface area (Å²) in [5.74, 6) is 0.755. The fourth-order valence-electron chi connectivity index (χ4n) is 1.90. The maximum atomic E-state index is 3.65. The molecule has 96 valence electrons. The van der Waals surface area contributed by atoms with Crippen LogP contribution in [0.3, 0.4) is 0 Å². The minimum absolute atomic E-state index is 0.449. The van der Waals surface area contributed by atoms with Gasteiger partial charge in [-0.2, -0.15) is 0 Å². The second-order valence-electron chi connectivity index (χ2n) is 4.75. The van der Waals surface area contributed by atoms with Gasteiger partial charge in [0.1, 0.15) is 0 Å². The van der Waals surface area contributed by atoms with Crippen molar-refractivity contribution in [2.75, 3.05) is 6.54 Å². The molecule has 1 aromatic rings. The average molecular weight is 363 g/mol. The summed E-state index contributed by atoms with van der Waals surface area (Å²) in [6, 6.07) is 6.88. The van der Waals surface area contributed by atoms with Crippen LogP contribution in [-0.4, -0.2) is 6.54 Å². The molecule has 1 nitrogen and oxygen atoms in total. The van der Waals surface area contributed by atoms with Gasteiger partial charge in [0.25, 0.3) is 0 Å². The van der Waals surface area contributed by atoms with Gasteiger partial charge in [-0.25, -0.2) is 0 Å². The summed E-state index contributed by atoms with van der Waals surface area (Å²) in [7, 11) is 0. The largest absolute Gasteiger partial charge is 0.310 e. The molecule has 1 unspecified atom stereocenters. The van der Waals surface area contributed by atoms with Gasteiger partial charge >= 0.3 is 0 Å². The fraction of sp³-hybridized carbons (Fsp3) is 0.571. The van der Waals surface area contributed by atoms with E-state index in [1.807, 2.05) is 0 Å². The van der Waals surface area contributed by atoms with E-state index in [1.54, 1.807) is 0 Å². The van der Waals surface area contributed by atoms with Crippen LogP contribution in [0.4, 0.5) is 0 Å². The van der Waals surface area contributed by atoms with E-state index in [4.69, 9.17) is 0 Å². The van der Waals surface area contributed by atoms with Crippen LogP contribution in [0.5, 0.6) is 0 Å². The minimum atomic E-state index is 0.449. The summed E-state index contributed by atoms with van der Waals surface area (Å²) in [6.07, 6.45) is 2.44. The van der Waals surface area contributed by atoms with E-state index in [1.165, 1.54) is 22.9 Å². The molecule has 0 saturated carbocycles. The first-order valence-electron chi connectivity index (χ1n) is 6.23. The molecule has 0 bridgehead atoms. The smallest absolute Gasteiger partial charge is 0.0331 e. The topological polar surface area (TPSA) is 12.0 Å². The lowest BCUT2D eigenvalue weighted by molar-refractivity contribution is 0.447. The first-order valence-corrected chi connectivity index (χ1v) is 7.81. The number of halogens is 2. The van der Waals surface area contributed by atoms with Crippen molar-refractivity contribution < 1.29 is 0 Å². The van der Waals surface area contributed by atoms with Crippen molar-refractivity contribution >= 4 is 31.9 Å². The van der Waals surface area contributed by atoms with Crippen molar-refractivity contribution in [3.8, 4) is 0 Å². The van der Waals surface area contributed by atoms with E-state index in [0.29, 0.717) is 6.04 Å². The molecule has 17 heavy (non-hydrogen) atoms. The van der Waals surface area contributed by atoms with Crippen LogP contribution in [0, 0.1) is 5.92 Å². The molecule has 0 fully saturated rings. The quantitative estimate of drug-likeness (QED) is 0.724. The Morgan fingerprint density at radius 1 is 1.18 bits per heavy atom. The van der Waals surface area contributed by atoms with E-state index >= 15 is 0 Å². The molecule has 1 rings (SSSR count). The normalized spacial score (nSPS) is 13.1. The lowest BCUT2D eigenvalue weighted by atomic mass is 9.97. The Balaban J connectivity index is 2.81. The molecule has 3 heteroatoms. The monoisotopic (exact) mass is 361 g/mol. The second kappa shape index (κ2) is 7.55. The average Bonchev–Trinajstić information content (AvgIpc) is 2.24. The third-order valence-corrected chi connectivity index (χ3v) is 4.00. The molecule has 0 aliphatic rings. The Bertz CT molecular complexity index is 350. The molecule has 0 saturated heterocycles. The summed E-state index contributed by atoms with van der Waals surface area (Å²) in [6.45, 7) is 7.72. The molecule has 0 heterocycles. The van der Waals surface area contributed by atoms with Crippen molar-refractivity contribution in [2.45, 2.75) is 39.7 Å². The van der Waals surface area contributed by atoms with Gasteiger partial charge in [-0.05, 0) is 43.0 Å². The Morgan fingerprint density at radius 2 is 1.88 bits per heavy atom. The summed E-state index contributed by atoms with van der Waals surface area (Å²) >= 11 is 7.15. The van der Waals surface area contributed by atoms with Gasteiger partial charge in [0, 0.05) is 15.0 Å². The number of hydrogen-bond donors (Lipinski definition) is 1. The molecule has 0 aliphatic heterocycles. The van der Waals surface area contributed by atoms with Crippen molar-refractivity contribution in [3.63, 3.8) is 0 Å². The molecule has 0 spiro atoms. The number of benzene rings is 1. The standard InChI is InChI=1S/C14H21Br2N/c1-4-17-14(8-5-10(2)3)12-7-6-11(15)9-13(12)16/h6-7,9-10,14,17H,4-5,8H2,1-3H3. The highest BCUT2D eigenvalue weighted by atomic mass is 79.9. The maximum absolute atomic E-state index is 3.65. The first-order chi connectivity index (χ1) is 8.04. The minimum Gasteiger partial charge on any atom is -0.310 e. The molecular formula is C14H21Br2N.